The van der Waals surface area contributed by atoms with Crippen molar-refractivity contribution in [2.45, 2.75) is 19.4 Å². The van der Waals surface area contributed by atoms with Crippen LogP contribution >= 0.6 is 0 Å². The average Bonchev–Trinajstić information content (AvgIpc) is 3.21. The van der Waals surface area contributed by atoms with E-state index < -0.39 is 0 Å². The van der Waals surface area contributed by atoms with Crippen LogP contribution in [0.15, 0.2) is 72.8 Å². The van der Waals surface area contributed by atoms with Crippen molar-refractivity contribution in [2.75, 3.05) is 18.6 Å². The van der Waals surface area contributed by atoms with Gasteiger partial charge in [-0.05, 0) is 53.4 Å². The standard InChI is InChI=1S/C25H24N2O3/c1-30-22-11-8-18(9-12-22)16-24(28)26-17-19-7-10-20-13-14-27(23(20)15-19)25(29)21-5-3-2-4-6-21/h2-12,15H,13-14,16-17H2,1H3,(H,26,28). The van der Waals surface area contributed by atoms with E-state index in [0.717, 1.165) is 34.5 Å². The Balaban J connectivity index is 1.40. The van der Waals surface area contributed by atoms with Crippen molar-refractivity contribution in [1.29, 1.82) is 0 Å². The fourth-order valence-electron chi connectivity index (χ4n) is 3.67. The van der Waals surface area contributed by atoms with Crippen LogP contribution in [-0.2, 0) is 24.2 Å². The third kappa shape index (κ3) is 4.35. The molecular weight excluding hydrogens is 376 g/mol. The molecule has 1 aliphatic heterocycles. The van der Waals surface area contributed by atoms with E-state index in [0.29, 0.717) is 25.1 Å². The number of carbonyl (C=O) groups is 2. The highest BCUT2D eigenvalue weighted by atomic mass is 16.5. The highest BCUT2D eigenvalue weighted by Crippen LogP contribution is 2.30. The SMILES string of the molecule is COc1ccc(CC(=O)NCc2ccc3c(c2)N(C(=O)c2ccccc2)CC3)cc1. The van der Waals surface area contributed by atoms with Crippen molar-refractivity contribution < 1.29 is 14.3 Å². The fourth-order valence-corrected chi connectivity index (χ4v) is 3.67. The molecule has 4 rings (SSSR count). The van der Waals surface area contributed by atoms with Gasteiger partial charge in [0.1, 0.15) is 5.75 Å². The first-order valence-electron chi connectivity index (χ1n) is 10.0. The number of fused-ring (bicyclic) bond motifs is 1. The van der Waals surface area contributed by atoms with Gasteiger partial charge < -0.3 is 15.0 Å². The van der Waals surface area contributed by atoms with Gasteiger partial charge in [-0.1, -0.05) is 42.5 Å². The summed E-state index contributed by atoms with van der Waals surface area (Å²) >= 11 is 0. The largest absolute Gasteiger partial charge is 0.497 e. The second kappa shape index (κ2) is 8.82. The molecule has 0 unspecified atom stereocenters. The number of hydrogen-bond acceptors (Lipinski definition) is 3. The summed E-state index contributed by atoms with van der Waals surface area (Å²) in [7, 11) is 1.62. The molecule has 0 aliphatic carbocycles. The fraction of sp³-hybridized carbons (Fsp3) is 0.200. The molecule has 5 nitrogen and oxygen atoms in total. The van der Waals surface area contributed by atoms with Crippen LogP contribution in [0, 0.1) is 0 Å². The Labute approximate surface area is 176 Å². The molecule has 30 heavy (non-hydrogen) atoms. The minimum Gasteiger partial charge on any atom is -0.497 e. The van der Waals surface area contributed by atoms with Crippen LogP contribution in [0.5, 0.6) is 5.75 Å². The highest BCUT2D eigenvalue weighted by Gasteiger charge is 2.25. The number of nitrogens with zero attached hydrogens (tertiary/aromatic N) is 1. The predicted octanol–water partition coefficient (Wildman–Crippen LogP) is 3.76. The number of methoxy groups -OCH3 is 1. The molecule has 152 valence electrons. The van der Waals surface area contributed by atoms with Crippen LogP contribution < -0.4 is 15.0 Å². The molecule has 2 amide bonds. The molecule has 0 radical (unpaired) electrons. The van der Waals surface area contributed by atoms with Gasteiger partial charge in [-0.3, -0.25) is 9.59 Å². The van der Waals surface area contributed by atoms with Crippen molar-refractivity contribution in [3.05, 3.63) is 95.1 Å². The number of benzene rings is 3. The normalized spacial score (nSPS) is 12.4. The van der Waals surface area contributed by atoms with Crippen LogP contribution in [0.2, 0.25) is 0 Å². The summed E-state index contributed by atoms with van der Waals surface area (Å²) < 4.78 is 5.14. The first kappa shape index (κ1) is 19.7. The van der Waals surface area contributed by atoms with Gasteiger partial charge in [0.05, 0.1) is 13.5 Å². The van der Waals surface area contributed by atoms with E-state index in [9.17, 15) is 9.59 Å². The summed E-state index contributed by atoms with van der Waals surface area (Å²) in [6.45, 7) is 1.10. The van der Waals surface area contributed by atoms with Gasteiger partial charge in [0.25, 0.3) is 5.91 Å². The van der Waals surface area contributed by atoms with E-state index in [1.165, 1.54) is 0 Å². The predicted molar refractivity (Wildman–Crippen MR) is 117 cm³/mol. The summed E-state index contributed by atoms with van der Waals surface area (Å²) in [5.74, 6) is 0.736. The first-order chi connectivity index (χ1) is 14.6. The minimum atomic E-state index is -0.0436. The van der Waals surface area contributed by atoms with Gasteiger partial charge in [-0.15, -0.1) is 0 Å². The maximum absolute atomic E-state index is 12.9. The van der Waals surface area contributed by atoms with E-state index in [1.807, 2.05) is 71.6 Å². The molecule has 3 aromatic carbocycles. The van der Waals surface area contributed by atoms with Gasteiger partial charge in [-0.2, -0.15) is 0 Å². The summed E-state index contributed by atoms with van der Waals surface area (Å²) in [6, 6.07) is 22.9. The quantitative estimate of drug-likeness (QED) is 0.686. The lowest BCUT2D eigenvalue weighted by Gasteiger charge is -2.18. The molecule has 0 fully saturated rings. The van der Waals surface area contributed by atoms with Crippen LogP contribution in [0.4, 0.5) is 5.69 Å². The Morgan fingerprint density at radius 3 is 2.43 bits per heavy atom. The number of ether oxygens (including phenoxy) is 1. The Kier molecular flexibility index (Phi) is 5.80. The zero-order valence-electron chi connectivity index (χ0n) is 16.9. The lowest BCUT2D eigenvalue weighted by Crippen LogP contribution is -2.29. The number of hydrogen-bond donors (Lipinski definition) is 1. The summed E-state index contributed by atoms with van der Waals surface area (Å²) in [6.07, 6.45) is 1.16. The highest BCUT2D eigenvalue weighted by molar-refractivity contribution is 6.07. The number of anilines is 1. The molecule has 0 aromatic heterocycles. The zero-order valence-corrected chi connectivity index (χ0v) is 16.9. The van der Waals surface area contributed by atoms with E-state index in [2.05, 4.69) is 11.4 Å². The van der Waals surface area contributed by atoms with Gasteiger partial charge in [0, 0.05) is 24.3 Å². The number of rotatable bonds is 6. The van der Waals surface area contributed by atoms with E-state index in [-0.39, 0.29) is 11.8 Å². The zero-order chi connectivity index (χ0) is 20.9. The Morgan fingerprint density at radius 2 is 1.70 bits per heavy atom. The van der Waals surface area contributed by atoms with Crippen LogP contribution in [0.1, 0.15) is 27.0 Å². The van der Waals surface area contributed by atoms with Gasteiger partial charge >= 0.3 is 0 Å². The molecule has 1 N–H and O–H groups in total. The molecule has 3 aromatic rings. The van der Waals surface area contributed by atoms with Crippen LogP contribution in [-0.4, -0.2) is 25.5 Å². The maximum Gasteiger partial charge on any atom is 0.258 e. The topological polar surface area (TPSA) is 58.6 Å². The van der Waals surface area contributed by atoms with Gasteiger partial charge in [0.15, 0.2) is 0 Å². The smallest absolute Gasteiger partial charge is 0.258 e. The molecule has 0 spiro atoms. The Morgan fingerprint density at radius 1 is 0.967 bits per heavy atom. The molecule has 0 atom stereocenters. The van der Waals surface area contributed by atoms with Gasteiger partial charge in [0.2, 0.25) is 5.91 Å². The van der Waals surface area contributed by atoms with Crippen LogP contribution in [0.3, 0.4) is 0 Å². The summed E-state index contributed by atoms with van der Waals surface area (Å²) in [4.78, 5) is 27.0. The lowest BCUT2D eigenvalue weighted by atomic mass is 10.1. The van der Waals surface area contributed by atoms with Crippen molar-refractivity contribution in [3.63, 3.8) is 0 Å². The summed E-state index contributed by atoms with van der Waals surface area (Å²) in [5.41, 5.74) is 4.69. The Bertz CT molecular complexity index is 1050. The van der Waals surface area contributed by atoms with E-state index in [1.54, 1.807) is 7.11 Å². The number of carbonyl (C=O) groups excluding carboxylic acids is 2. The second-order valence-electron chi connectivity index (χ2n) is 7.34. The molecule has 0 saturated carbocycles. The molecule has 0 bridgehead atoms. The van der Waals surface area contributed by atoms with Crippen molar-refractivity contribution >= 4 is 17.5 Å². The van der Waals surface area contributed by atoms with E-state index in [4.69, 9.17) is 4.74 Å². The Hall–Kier alpha value is -3.60. The molecule has 1 aliphatic rings. The lowest BCUT2D eigenvalue weighted by molar-refractivity contribution is -0.120. The number of amides is 2. The molecular formula is C25H24N2O3. The summed E-state index contributed by atoms with van der Waals surface area (Å²) in [5, 5.41) is 2.97. The average molecular weight is 400 g/mol. The second-order valence-corrected chi connectivity index (χ2v) is 7.34. The molecule has 1 heterocycles. The van der Waals surface area contributed by atoms with Crippen LogP contribution in [0.25, 0.3) is 0 Å². The van der Waals surface area contributed by atoms with Gasteiger partial charge in [-0.25, -0.2) is 0 Å². The maximum atomic E-state index is 12.9. The molecule has 0 saturated heterocycles. The first-order valence-corrected chi connectivity index (χ1v) is 10.0. The van der Waals surface area contributed by atoms with Crippen molar-refractivity contribution in [2.24, 2.45) is 0 Å². The minimum absolute atomic E-state index is 0.00930. The monoisotopic (exact) mass is 400 g/mol. The third-order valence-electron chi connectivity index (χ3n) is 5.32. The number of nitrogens with one attached hydrogen (secondary N) is 1. The van der Waals surface area contributed by atoms with Crippen molar-refractivity contribution in [1.82, 2.24) is 5.32 Å². The third-order valence-corrected chi connectivity index (χ3v) is 5.32. The van der Waals surface area contributed by atoms with Crippen molar-refractivity contribution in [3.8, 4) is 5.75 Å². The molecule has 5 heteroatoms. The van der Waals surface area contributed by atoms with E-state index >= 15 is 0 Å².